The van der Waals surface area contributed by atoms with Crippen LogP contribution in [0.25, 0.3) is 0 Å². The molecule has 2 aliphatic rings. The molecule has 0 spiro atoms. The molecule has 0 aromatic carbocycles. The van der Waals surface area contributed by atoms with Crippen LogP contribution in [0.5, 0.6) is 0 Å². The first-order valence-electron chi connectivity index (χ1n) is 8.28. The second-order valence-electron chi connectivity index (χ2n) is 6.65. The van der Waals surface area contributed by atoms with Crippen molar-refractivity contribution in [3.63, 3.8) is 0 Å². The predicted molar refractivity (Wildman–Crippen MR) is 86.4 cm³/mol. The molecule has 1 saturated heterocycles. The Bertz CT molecular complexity index is 634. The molecule has 6 heteroatoms. The molecule has 23 heavy (non-hydrogen) atoms. The Labute approximate surface area is 136 Å². The van der Waals surface area contributed by atoms with E-state index < -0.39 is 0 Å². The third kappa shape index (κ3) is 3.46. The van der Waals surface area contributed by atoms with E-state index in [1.165, 1.54) is 18.4 Å². The van der Waals surface area contributed by atoms with Crippen LogP contribution in [-0.2, 0) is 16.6 Å². The molecule has 2 atom stereocenters. The summed E-state index contributed by atoms with van der Waals surface area (Å²) in [5.74, 6) is -0.615. The van der Waals surface area contributed by atoms with Crippen LogP contribution in [0.3, 0.4) is 0 Å². The fourth-order valence-electron chi connectivity index (χ4n) is 3.64. The van der Waals surface area contributed by atoms with Gasteiger partial charge in [0, 0.05) is 38.7 Å². The summed E-state index contributed by atoms with van der Waals surface area (Å²) in [6.07, 6.45) is 10.8. The first kappa shape index (κ1) is 15.8. The van der Waals surface area contributed by atoms with Gasteiger partial charge in [-0.2, -0.15) is 5.10 Å². The molecular formula is C17H24N4O2. The molecule has 1 aliphatic carbocycles. The van der Waals surface area contributed by atoms with Crippen LogP contribution in [0.15, 0.2) is 24.0 Å². The van der Waals surface area contributed by atoms with Crippen molar-refractivity contribution >= 4 is 11.8 Å². The Morgan fingerprint density at radius 1 is 1.35 bits per heavy atom. The number of aromatic nitrogens is 2. The van der Waals surface area contributed by atoms with Crippen molar-refractivity contribution in [3.05, 3.63) is 29.6 Å². The predicted octanol–water partition coefficient (Wildman–Crippen LogP) is 1.34. The van der Waals surface area contributed by atoms with Gasteiger partial charge in [0.15, 0.2) is 0 Å². The lowest BCUT2D eigenvalue weighted by Gasteiger charge is -2.19. The molecule has 0 unspecified atom stereocenters. The maximum atomic E-state index is 12.6. The van der Waals surface area contributed by atoms with Gasteiger partial charge in [-0.15, -0.1) is 0 Å². The number of likely N-dealkylation sites (tertiary alicyclic amines) is 1. The lowest BCUT2D eigenvalue weighted by atomic mass is 9.90. The number of primary amides is 1. The normalized spacial score (nSPS) is 24.6. The van der Waals surface area contributed by atoms with Gasteiger partial charge in [0.1, 0.15) is 0 Å². The lowest BCUT2D eigenvalue weighted by Crippen LogP contribution is -2.32. The fourth-order valence-corrected chi connectivity index (χ4v) is 3.64. The molecular weight excluding hydrogens is 292 g/mol. The molecule has 6 nitrogen and oxygen atoms in total. The number of allylic oxidation sites excluding steroid dienone is 1. The molecule has 2 N–H and O–H groups in total. The second kappa shape index (κ2) is 6.56. The lowest BCUT2D eigenvalue weighted by molar-refractivity contribution is -0.129. The van der Waals surface area contributed by atoms with Crippen molar-refractivity contribution in [1.82, 2.24) is 14.7 Å². The van der Waals surface area contributed by atoms with E-state index in [1.54, 1.807) is 15.8 Å². The van der Waals surface area contributed by atoms with Crippen molar-refractivity contribution in [3.8, 4) is 0 Å². The van der Waals surface area contributed by atoms with Crippen molar-refractivity contribution in [1.29, 1.82) is 0 Å². The summed E-state index contributed by atoms with van der Waals surface area (Å²) >= 11 is 0. The number of amides is 2. The van der Waals surface area contributed by atoms with E-state index >= 15 is 0 Å². The van der Waals surface area contributed by atoms with E-state index in [0.29, 0.717) is 19.5 Å². The fraction of sp³-hybridized carbons (Fsp3) is 0.588. The summed E-state index contributed by atoms with van der Waals surface area (Å²) in [5, 5.41) is 4.17. The van der Waals surface area contributed by atoms with Gasteiger partial charge in [-0.25, -0.2) is 0 Å². The molecule has 1 aliphatic heterocycles. The number of nitrogens with zero attached hydrogens (tertiary/aromatic N) is 3. The number of carbonyl (C=O) groups excluding carboxylic acids is 2. The highest BCUT2D eigenvalue weighted by molar-refractivity contribution is 5.83. The number of aryl methyl sites for hydroxylation is 1. The third-order valence-electron chi connectivity index (χ3n) is 4.95. The maximum Gasteiger partial charge on any atom is 0.226 e. The highest BCUT2D eigenvalue weighted by Crippen LogP contribution is 2.33. The molecule has 1 fully saturated rings. The third-order valence-corrected chi connectivity index (χ3v) is 4.95. The zero-order chi connectivity index (χ0) is 16.4. The van der Waals surface area contributed by atoms with Gasteiger partial charge in [0.2, 0.25) is 11.8 Å². The van der Waals surface area contributed by atoms with E-state index in [4.69, 9.17) is 5.73 Å². The van der Waals surface area contributed by atoms with Crippen LogP contribution in [0, 0.1) is 5.92 Å². The van der Waals surface area contributed by atoms with Crippen molar-refractivity contribution in [2.45, 2.75) is 38.0 Å². The number of rotatable bonds is 4. The van der Waals surface area contributed by atoms with E-state index in [9.17, 15) is 9.59 Å². The first-order chi connectivity index (χ1) is 11.0. The van der Waals surface area contributed by atoms with Crippen LogP contribution in [0.1, 0.15) is 43.6 Å². The van der Waals surface area contributed by atoms with Crippen molar-refractivity contribution in [2.75, 3.05) is 13.1 Å². The molecule has 124 valence electrons. The van der Waals surface area contributed by atoms with Gasteiger partial charge in [-0.1, -0.05) is 11.6 Å². The molecule has 1 aromatic rings. The summed E-state index contributed by atoms with van der Waals surface area (Å²) in [4.78, 5) is 26.2. The monoisotopic (exact) mass is 316 g/mol. The highest BCUT2D eigenvalue weighted by atomic mass is 16.2. The molecule has 1 aromatic heterocycles. The van der Waals surface area contributed by atoms with Crippen LogP contribution in [-0.4, -0.2) is 39.6 Å². The number of hydrogen-bond donors (Lipinski definition) is 1. The summed E-state index contributed by atoms with van der Waals surface area (Å²) < 4.78 is 1.71. The van der Waals surface area contributed by atoms with E-state index in [-0.39, 0.29) is 23.7 Å². The van der Waals surface area contributed by atoms with Gasteiger partial charge in [-0.3, -0.25) is 14.3 Å². The Kier molecular flexibility index (Phi) is 4.50. The number of nitrogens with two attached hydrogens (primary N) is 1. The largest absolute Gasteiger partial charge is 0.369 e. The SMILES string of the molecule is Cn1cc([C@H]2CN(C(=O)CC3=CCCCC3)C[C@@H]2C(N)=O)cn1. The van der Waals surface area contributed by atoms with Crippen molar-refractivity contribution in [2.24, 2.45) is 18.7 Å². The Balaban J connectivity index is 1.70. The van der Waals surface area contributed by atoms with E-state index in [1.807, 2.05) is 13.2 Å². The average Bonchev–Trinajstić information content (AvgIpc) is 3.14. The minimum Gasteiger partial charge on any atom is -0.369 e. The van der Waals surface area contributed by atoms with Gasteiger partial charge in [0.05, 0.1) is 12.1 Å². The Morgan fingerprint density at radius 2 is 2.17 bits per heavy atom. The quantitative estimate of drug-likeness (QED) is 0.851. The molecule has 2 heterocycles. The topological polar surface area (TPSA) is 81.2 Å². The van der Waals surface area contributed by atoms with Gasteiger partial charge in [0.25, 0.3) is 0 Å². The van der Waals surface area contributed by atoms with E-state index in [2.05, 4.69) is 11.2 Å². The molecule has 0 bridgehead atoms. The summed E-state index contributed by atoms with van der Waals surface area (Å²) in [7, 11) is 1.84. The summed E-state index contributed by atoms with van der Waals surface area (Å²) in [6, 6.07) is 0. The molecule has 3 rings (SSSR count). The van der Waals surface area contributed by atoms with E-state index in [0.717, 1.165) is 18.4 Å². The summed E-state index contributed by atoms with van der Waals surface area (Å²) in [5.41, 5.74) is 7.78. The minimum absolute atomic E-state index is 0.0505. The summed E-state index contributed by atoms with van der Waals surface area (Å²) in [6.45, 7) is 0.965. The van der Waals surface area contributed by atoms with Gasteiger partial charge in [-0.05, 0) is 31.2 Å². The molecule has 0 radical (unpaired) electrons. The van der Waals surface area contributed by atoms with Crippen molar-refractivity contribution < 1.29 is 9.59 Å². The zero-order valence-corrected chi connectivity index (χ0v) is 13.6. The van der Waals surface area contributed by atoms with Crippen LogP contribution in [0.2, 0.25) is 0 Å². The highest BCUT2D eigenvalue weighted by Gasteiger charge is 2.39. The van der Waals surface area contributed by atoms with Crippen LogP contribution in [0.4, 0.5) is 0 Å². The smallest absolute Gasteiger partial charge is 0.226 e. The maximum absolute atomic E-state index is 12.6. The number of hydrogen-bond acceptors (Lipinski definition) is 3. The molecule has 0 saturated carbocycles. The zero-order valence-electron chi connectivity index (χ0n) is 13.6. The Morgan fingerprint density at radius 3 is 2.78 bits per heavy atom. The first-order valence-corrected chi connectivity index (χ1v) is 8.28. The van der Waals surface area contributed by atoms with Gasteiger partial charge < -0.3 is 10.6 Å². The van der Waals surface area contributed by atoms with Crippen LogP contribution < -0.4 is 5.73 Å². The standard InChI is InChI=1S/C17H24N4O2/c1-20-9-13(8-19-20)14-10-21(11-15(14)17(18)23)16(22)7-12-5-3-2-4-6-12/h5,8-9,14-15H,2-4,6-7,10-11H2,1H3,(H2,18,23)/t14-,15+/m1/s1. The minimum atomic E-state index is -0.342. The second-order valence-corrected chi connectivity index (χ2v) is 6.65. The van der Waals surface area contributed by atoms with Gasteiger partial charge >= 0.3 is 0 Å². The average molecular weight is 316 g/mol. The Hall–Kier alpha value is -2.11. The number of carbonyl (C=O) groups is 2. The molecule has 2 amide bonds. The van der Waals surface area contributed by atoms with Crippen LogP contribution >= 0.6 is 0 Å².